The Morgan fingerprint density at radius 3 is 2.32 bits per heavy atom. The Balaban J connectivity index is 1.86. The molecule has 4 heteroatoms. The van der Waals surface area contributed by atoms with E-state index in [0.29, 0.717) is 19.6 Å². The number of ether oxygens (including phenoxy) is 2. The highest BCUT2D eigenvalue weighted by Gasteiger charge is 2.16. The summed E-state index contributed by atoms with van der Waals surface area (Å²) in [6, 6.07) is 17.5. The van der Waals surface area contributed by atoms with E-state index in [4.69, 9.17) is 21.1 Å². The third-order valence-corrected chi connectivity index (χ3v) is 3.46. The van der Waals surface area contributed by atoms with Gasteiger partial charge in [-0.3, -0.25) is 4.79 Å². The van der Waals surface area contributed by atoms with Gasteiger partial charge in [-0.2, -0.15) is 0 Å². The summed E-state index contributed by atoms with van der Waals surface area (Å²) in [4.78, 5) is 11.5. The van der Waals surface area contributed by atoms with Gasteiger partial charge in [-0.25, -0.2) is 0 Å². The van der Waals surface area contributed by atoms with Crippen molar-refractivity contribution in [2.45, 2.75) is 25.3 Å². The maximum Gasteiger partial charge on any atom is 0.324 e. The zero-order chi connectivity index (χ0) is 15.8. The van der Waals surface area contributed by atoms with E-state index < -0.39 is 5.38 Å². The first-order valence-electron chi connectivity index (χ1n) is 7.25. The summed E-state index contributed by atoms with van der Waals surface area (Å²) >= 11 is 6.03. The van der Waals surface area contributed by atoms with Gasteiger partial charge in [-0.05, 0) is 36.6 Å². The van der Waals surface area contributed by atoms with Crippen molar-refractivity contribution in [3.63, 3.8) is 0 Å². The van der Waals surface area contributed by atoms with E-state index >= 15 is 0 Å². The summed E-state index contributed by atoms with van der Waals surface area (Å²) in [5.74, 6) is 0.468. The molecule has 0 radical (unpaired) electrons. The molecule has 2 aromatic rings. The molecule has 0 fully saturated rings. The second kappa shape index (κ2) is 8.44. The van der Waals surface area contributed by atoms with E-state index in [0.717, 1.165) is 16.9 Å². The Morgan fingerprint density at radius 2 is 1.68 bits per heavy atom. The van der Waals surface area contributed by atoms with Gasteiger partial charge in [0.25, 0.3) is 0 Å². The maximum atomic E-state index is 11.5. The second-order valence-electron chi connectivity index (χ2n) is 4.84. The smallest absolute Gasteiger partial charge is 0.324 e. The van der Waals surface area contributed by atoms with Crippen LogP contribution in [0.5, 0.6) is 5.75 Å². The molecule has 0 amide bonds. The van der Waals surface area contributed by atoms with E-state index in [9.17, 15) is 4.79 Å². The number of hydrogen-bond donors (Lipinski definition) is 0. The van der Waals surface area contributed by atoms with Gasteiger partial charge in [-0.1, -0.05) is 42.5 Å². The molecular weight excluding hydrogens is 300 g/mol. The first-order chi connectivity index (χ1) is 10.7. The number of esters is 1. The molecule has 0 saturated carbocycles. The quantitative estimate of drug-likeness (QED) is 0.572. The fraction of sp³-hybridized carbons (Fsp3) is 0.278. The van der Waals surface area contributed by atoms with Crippen LogP contribution >= 0.6 is 11.6 Å². The third-order valence-electron chi connectivity index (χ3n) is 3.13. The van der Waals surface area contributed by atoms with E-state index in [1.54, 1.807) is 6.92 Å². The first-order valence-corrected chi connectivity index (χ1v) is 7.69. The van der Waals surface area contributed by atoms with Gasteiger partial charge in [0.1, 0.15) is 17.7 Å². The summed E-state index contributed by atoms with van der Waals surface area (Å²) in [6.45, 7) is 2.62. The highest BCUT2D eigenvalue weighted by Crippen LogP contribution is 2.14. The molecule has 22 heavy (non-hydrogen) atoms. The Hall–Kier alpha value is -2.00. The number of benzene rings is 2. The largest absolute Gasteiger partial charge is 0.489 e. The molecule has 0 spiro atoms. The third kappa shape index (κ3) is 5.08. The van der Waals surface area contributed by atoms with Crippen LogP contribution in [-0.2, 0) is 22.6 Å². The average Bonchev–Trinajstić information content (AvgIpc) is 2.55. The zero-order valence-electron chi connectivity index (χ0n) is 12.5. The molecule has 0 bridgehead atoms. The van der Waals surface area contributed by atoms with Crippen LogP contribution in [0.4, 0.5) is 0 Å². The van der Waals surface area contributed by atoms with Crippen LogP contribution in [0, 0.1) is 0 Å². The van der Waals surface area contributed by atoms with E-state index in [2.05, 4.69) is 0 Å². The summed E-state index contributed by atoms with van der Waals surface area (Å²) in [7, 11) is 0. The van der Waals surface area contributed by atoms with Crippen LogP contribution in [0.2, 0.25) is 0 Å². The molecule has 1 atom stereocenters. The lowest BCUT2D eigenvalue weighted by Gasteiger charge is -2.10. The predicted octanol–water partition coefficient (Wildman–Crippen LogP) is 3.98. The maximum absolute atomic E-state index is 11.5. The summed E-state index contributed by atoms with van der Waals surface area (Å²) in [5, 5.41) is -0.647. The van der Waals surface area contributed by atoms with Gasteiger partial charge in [-0.15, -0.1) is 11.6 Å². The molecule has 0 aliphatic rings. The van der Waals surface area contributed by atoms with Crippen LogP contribution < -0.4 is 4.74 Å². The van der Waals surface area contributed by atoms with Gasteiger partial charge in [0.2, 0.25) is 0 Å². The topological polar surface area (TPSA) is 35.5 Å². The lowest BCUT2D eigenvalue weighted by atomic mass is 10.1. The number of alkyl halides is 1. The minimum absolute atomic E-state index is 0.345. The van der Waals surface area contributed by atoms with E-state index in [1.807, 2.05) is 54.6 Å². The highest BCUT2D eigenvalue weighted by atomic mass is 35.5. The summed E-state index contributed by atoms with van der Waals surface area (Å²) in [5.41, 5.74) is 2.06. The van der Waals surface area contributed by atoms with Crippen molar-refractivity contribution in [1.82, 2.24) is 0 Å². The van der Waals surface area contributed by atoms with Crippen molar-refractivity contribution < 1.29 is 14.3 Å². The van der Waals surface area contributed by atoms with Crippen LogP contribution in [0.3, 0.4) is 0 Å². The Morgan fingerprint density at radius 1 is 1.05 bits per heavy atom. The molecule has 0 aliphatic carbocycles. The van der Waals surface area contributed by atoms with Crippen molar-refractivity contribution in [2.75, 3.05) is 6.61 Å². The number of rotatable bonds is 7. The Kier molecular flexibility index (Phi) is 6.28. The minimum Gasteiger partial charge on any atom is -0.489 e. The SMILES string of the molecule is CCOC(=O)C(Cl)Cc1ccc(COc2ccccc2)cc1. The molecule has 2 rings (SSSR count). The molecule has 3 nitrogen and oxygen atoms in total. The van der Waals surface area contributed by atoms with Crippen LogP contribution in [0.25, 0.3) is 0 Å². The average molecular weight is 319 g/mol. The summed E-state index contributed by atoms with van der Waals surface area (Å²) in [6.07, 6.45) is 0.459. The lowest BCUT2D eigenvalue weighted by Crippen LogP contribution is -2.20. The van der Waals surface area contributed by atoms with Crippen LogP contribution in [0.15, 0.2) is 54.6 Å². The molecule has 0 aromatic heterocycles. The van der Waals surface area contributed by atoms with Crippen LogP contribution in [-0.4, -0.2) is 18.0 Å². The van der Waals surface area contributed by atoms with E-state index in [-0.39, 0.29) is 5.97 Å². The first kappa shape index (κ1) is 16.4. The normalized spacial score (nSPS) is 11.7. The zero-order valence-corrected chi connectivity index (χ0v) is 13.3. The molecule has 0 heterocycles. The highest BCUT2D eigenvalue weighted by molar-refractivity contribution is 6.30. The van der Waals surface area contributed by atoms with E-state index in [1.165, 1.54) is 0 Å². The molecular formula is C18H19ClO3. The van der Waals surface area contributed by atoms with Crippen molar-refractivity contribution >= 4 is 17.6 Å². The number of para-hydroxylation sites is 1. The molecule has 2 aromatic carbocycles. The fourth-order valence-corrected chi connectivity index (χ4v) is 2.22. The fourth-order valence-electron chi connectivity index (χ4n) is 1.98. The number of carbonyl (C=O) groups excluding carboxylic acids is 1. The van der Waals surface area contributed by atoms with Crippen LogP contribution in [0.1, 0.15) is 18.1 Å². The lowest BCUT2D eigenvalue weighted by molar-refractivity contribution is -0.142. The van der Waals surface area contributed by atoms with Crippen molar-refractivity contribution in [2.24, 2.45) is 0 Å². The van der Waals surface area contributed by atoms with Crippen molar-refractivity contribution in [3.05, 3.63) is 65.7 Å². The summed E-state index contributed by atoms with van der Waals surface area (Å²) < 4.78 is 10.6. The van der Waals surface area contributed by atoms with Crippen molar-refractivity contribution in [1.29, 1.82) is 0 Å². The molecule has 1 unspecified atom stereocenters. The predicted molar refractivity (Wildman–Crippen MR) is 87.2 cm³/mol. The minimum atomic E-state index is -0.647. The Labute approximate surface area is 135 Å². The van der Waals surface area contributed by atoms with Gasteiger partial charge in [0.05, 0.1) is 6.61 Å². The molecule has 116 valence electrons. The van der Waals surface area contributed by atoms with Crippen molar-refractivity contribution in [3.8, 4) is 5.75 Å². The van der Waals surface area contributed by atoms with Gasteiger partial charge < -0.3 is 9.47 Å². The number of hydrogen-bond acceptors (Lipinski definition) is 3. The molecule has 0 aliphatic heterocycles. The monoisotopic (exact) mass is 318 g/mol. The number of carbonyl (C=O) groups is 1. The Bertz CT molecular complexity index is 581. The standard InChI is InChI=1S/C18H19ClO3/c1-2-21-18(20)17(19)12-14-8-10-15(11-9-14)13-22-16-6-4-3-5-7-16/h3-11,17H,2,12-13H2,1H3. The van der Waals surface area contributed by atoms with Gasteiger partial charge >= 0.3 is 5.97 Å². The van der Waals surface area contributed by atoms with Gasteiger partial charge in [0.15, 0.2) is 0 Å². The number of halogens is 1. The van der Waals surface area contributed by atoms with Gasteiger partial charge in [0, 0.05) is 0 Å². The molecule has 0 saturated heterocycles. The second-order valence-corrected chi connectivity index (χ2v) is 5.37. The molecule has 0 N–H and O–H groups in total.